The normalized spacial score (nSPS) is 17.2. The molecule has 1 aliphatic heterocycles. The first-order valence-corrected chi connectivity index (χ1v) is 10.4. The summed E-state index contributed by atoms with van der Waals surface area (Å²) in [7, 11) is -3.74. The van der Waals surface area contributed by atoms with Gasteiger partial charge in [-0.15, -0.1) is 4.40 Å². The van der Waals surface area contributed by atoms with Gasteiger partial charge in [-0.05, 0) is 36.2 Å². The Hall–Kier alpha value is -1.50. The van der Waals surface area contributed by atoms with E-state index in [1.54, 1.807) is 12.1 Å². The number of hydrogen-bond donors (Lipinski definition) is 0. The zero-order valence-electron chi connectivity index (χ0n) is 12.9. The van der Waals surface area contributed by atoms with Gasteiger partial charge in [0.1, 0.15) is 0 Å². The Morgan fingerprint density at radius 1 is 1.08 bits per heavy atom. The average Bonchev–Trinajstić information content (AvgIpc) is 2.58. The van der Waals surface area contributed by atoms with Crippen molar-refractivity contribution in [1.29, 1.82) is 0 Å². The summed E-state index contributed by atoms with van der Waals surface area (Å²) < 4.78 is 29.2. The van der Waals surface area contributed by atoms with Crippen LogP contribution in [0.15, 0.2) is 63.9 Å². The molecule has 1 heterocycles. The van der Waals surface area contributed by atoms with Crippen LogP contribution >= 0.6 is 23.4 Å². The molecule has 0 saturated carbocycles. The lowest BCUT2D eigenvalue weighted by Gasteiger charge is -2.29. The average molecular weight is 381 g/mol. The van der Waals surface area contributed by atoms with Crippen molar-refractivity contribution in [2.24, 2.45) is 4.40 Å². The van der Waals surface area contributed by atoms with Gasteiger partial charge in [0.15, 0.2) is 5.17 Å². The Morgan fingerprint density at radius 3 is 2.50 bits per heavy atom. The minimum atomic E-state index is -3.74. The van der Waals surface area contributed by atoms with Crippen molar-refractivity contribution < 1.29 is 8.42 Å². The third-order valence-corrected chi connectivity index (χ3v) is 6.35. The molecule has 4 nitrogen and oxygen atoms in total. The van der Waals surface area contributed by atoms with Gasteiger partial charge in [-0.3, -0.25) is 0 Å². The third-order valence-electron chi connectivity index (χ3n) is 3.60. The summed E-state index contributed by atoms with van der Waals surface area (Å²) in [5.74, 6) is 0.875. The molecule has 24 heavy (non-hydrogen) atoms. The van der Waals surface area contributed by atoms with Crippen LogP contribution in [-0.4, -0.2) is 30.8 Å². The van der Waals surface area contributed by atoms with Crippen molar-refractivity contribution in [2.45, 2.75) is 17.9 Å². The molecule has 0 N–H and O–H groups in total. The van der Waals surface area contributed by atoms with Gasteiger partial charge in [0.25, 0.3) is 10.0 Å². The molecule has 0 aromatic heterocycles. The van der Waals surface area contributed by atoms with Crippen molar-refractivity contribution in [2.75, 3.05) is 12.3 Å². The second kappa shape index (κ2) is 7.59. The summed E-state index contributed by atoms with van der Waals surface area (Å²) in [6, 6.07) is 16.1. The van der Waals surface area contributed by atoms with Crippen LogP contribution in [0.4, 0.5) is 0 Å². The number of halogens is 1. The Bertz CT molecular complexity index is 821. The van der Waals surface area contributed by atoms with Gasteiger partial charge in [-0.25, -0.2) is 0 Å². The van der Waals surface area contributed by atoms with Crippen LogP contribution in [0.25, 0.3) is 0 Å². The van der Waals surface area contributed by atoms with E-state index in [1.165, 1.54) is 23.9 Å². The molecule has 7 heteroatoms. The van der Waals surface area contributed by atoms with Crippen molar-refractivity contribution in [3.8, 4) is 0 Å². The predicted octanol–water partition coefficient (Wildman–Crippen LogP) is 4.02. The number of hydrogen-bond acceptors (Lipinski definition) is 3. The van der Waals surface area contributed by atoms with Crippen LogP contribution in [-0.2, 0) is 16.6 Å². The third kappa shape index (κ3) is 4.32. The lowest BCUT2D eigenvalue weighted by molar-refractivity contribution is 0.416. The van der Waals surface area contributed by atoms with Gasteiger partial charge in [-0.2, -0.15) is 8.42 Å². The number of benzene rings is 2. The quantitative estimate of drug-likeness (QED) is 0.803. The van der Waals surface area contributed by atoms with E-state index >= 15 is 0 Å². The van der Waals surface area contributed by atoms with Crippen LogP contribution in [0.3, 0.4) is 0 Å². The standard InChI is InChI=1S/C17H17ClN2O2S2/c18-15-7-9-16(10-8-15)24(21,22)19-17-20(11-4-12-23-17)13-14-5-2-1-3-6-14/h1-3,5-10H,4,11-13H2/b19-17-. The number of amidine groups is 1. The molecular weight excluding hydrogens is 364 g/mol. The van der Waals surface area contributed by atoms with E-state index in [9.17, 15) is 8.42 Å². The molecule has 0 atom stereocenters. The molecule has 1 aliphatic rings. The smallest absolute Gasteiger partial charge is 0.284 e. The SMILES string of the molecule is O=S(=O)(/N=C1\SCCCN1Cc1ccccc1)c1ccc(Cl)cc1. The van der Waals surface area contributed by atoms with Crippen molar-refractivity contribution in [1.82, 2.24) is 4.90 Å². The maximum atomic E-state index is 12.5. The van der Waals surface area contributed by atoms with Crippen LogP contribution in [0.2, 0.25) is 5.02 Å². The van der Waals surface area contributed by atoms with Gasteiger partial charge in [0.05, 0.1) is 4.90 Å². The second-order valence-electron chi connectivity index (χ2n) is 5.41. The Labute approximate surface area is 151 Å². The molecule has 0 aliphatic carbocycles. The first kappa shape index (κ1) is 17.3. The number of rotatable bonds is 4. The Kier molecular flexibility index (Phi) is 5.48. The molecule has 0 bridgehead atoms. The van der Waals surface area contributed by atoms with E-state index < -0.39 is 10.0 Å². The van der Waals surface area contributed by atoms with E-state index in [4.69, 9.17) is 11.6 Å². The molecule has 0 radical (unpaired) electrons. The van der Waals surface area contributed by atoms with Crippen molar-refractivity contribution in [3.63, 3.8) is 0 Å². The molecule has 1 saturated heterocycles. The monoisotopic (exact) mass is 380 g/mol. The van der Waals surface area contributed by atoms with E-state index in [0.29, 0.717) is 16.7 Å². The first-order chi connectivity index (χ1) is 11.5. The van der Waals surface area contributed by atoms with E-state index in [0.717, 1.165) is 24.3 Å². The van der Waals surface area contributed by atoms with Crippen LogP contribution in [0, 0.1) is 0 Å². The maximum absolute atomic E-state index is 12.5. The zero-order valence-corrected chi connectivity index (χ0v) is 15.3. The van der Waals surface area contributed by atoms with Crippen LogP contribution in [0.1, 0.15) is 12.0 Å². The summed E-state index contributed by atoms with van der Waals surface area (Å²) in [5.41, 5.74) is 1.14. The first-order valence-electron chi connectivity index (χ1n) is 7.57. The van der Waals surface area contributed by atoms with Gasteiger partial charge in [0.2, 0.25) is 0 Å². The summed E-state index contributed by atoms with van der Waals surface area (Å²) in [6.07, 6.45) is 1.01. The van der Waals surface area contributed by atoms with Crippen molar-refractivity contribution in [3.05, 3.63) is 65.2 Å². The van der Waals surface area contributed by atoms with Gasteiger partial charge in [-0.1, -0.05) is 53.7 Å². The summed E-state index contributed by atoms with van der Waals surface area (Å²) in [5, 5.41) is 1.06. The fraction of sp³-hybridized carbons (Fsp3) is 0.235. The molecule has 3 rings (SSSR count). The fourth-order valence-corrected chi connectivity index (χ4v) is 4.73. The minimum absolute atomic E-state index is 0.158. The minimum Gasteiger partial charge on any atom is -0.346 e. The maximum Gasteiger partial charge on any atom is 0.284 e. The topological polar surface area (TPSA) is 49.7 Å². The molecule has 1 fully saturated rings. The summed E-state index contributed by atoms with van der Waals surface area (Å²) in [6.45, 7) is 1.46. The van der Waals surface area contributed by atoms with E-state index in [-0.39, 0.29) is 4.90 Å². The highest BCUT2D eigenvalue weighted by atomic mass is 35.5. The highest BCUT2D eigenvalue weighted by Crippen LogP contribution is 2.24. The Balaban J connectivity index is 1.86. The number of nitrogens with zero attached hydrogens (tertiary/aromatic N) is 2. The Morgan fingerprint density at radius 2 is 1.79 bits per heavy atom. The molecule has 126 valence electrons. The lowest BCUT2D eigenvalue weighted by atomic mass is 10.2. The summed E-state index contributed by atoms with van der Waals surface area (Å²) in [4.78, 5) is 2.18. The molecule has 2 aromatic rings. The molecule has 0 amide bonds. The lowest BCUT2D eigenvalue weighted by Crippen LogP contribution is -2.34. The fourth-order valence-electron chi connectivity index (χ4n) is 2.40. The predicted molar refractivity (Wildman–Crippen MR) is 100.0 cm³/mol. The van der Waals surface area contributed by atoms with Crippen molar-refractivity contribution >= 4 is 38.6 Å². The number of sulfonamides is 1. The zero-order chi connectivity index (χ0) is 17.0. The van der Waals surface area contributed by atoms with E-state index in [2.05, 4.69) is 4.40 Å². The second-order valence-corrected chi connectivity index (χ2v) is 8.51. The number of thioether (sulfide) groups is 1. The molecule has 0 spiro atoms. The molecule has 0 unspecified atom stereocenters. The van der Waals surface area contributed by atoms with Gasteiger partial charge >= 0.3 is 0 Å². The summed E-state index contributed by atoms with van der Waals surface area (Å²) >= 11 is 7.31. The highest BCUT2D eigenvalue weighted by molar-refractivity contribution is 8.14. The van der Waals surface area contributed by atoms with E-state index in [1.807, 2.05) is 35.2 Å². The molecular formula is C17H17ClN2O2S2. The van der Waals surface area contributed by atoms with Gasteiger partial charge < -0.3 is 4.90 Å². The molecule has 2 aromatic carbocycles. The van der Waals surface area contributed by atoms with Crippen LogP contribution in [0.5, 0.6) is 0 Å². The van der Waals surface area contributed by atoms with Gasteiger partial charge in [0, 0.05) is 23.9 Å². The highest BCUT2D eigenvalue weighted by Gasteiger charge is 2.22. The van der Waals surface area contributed by atoms with Crippen LogP contribution < -0.4 is 0 Å². The largest absolute Gasteiger partial charge is 0.346 e.